The number of aromatic nitrogens is 1. The second-order valence-electron chi connectivity index (χ2n) is 3.94. The summed E-state index contributed by atoms with van der Waals surface area (Å²) >= 11 is 0. The van der Waals surface area contributed by atoms with Gasteiger partial charge < -0.3 is 5.11 Å². The molecule has 0 aliphatic heterocycles. The molecule has 2 N–H and O–H groups in total. The molecular weight excluding hydrogens is 206 g/mol. The van der Waals surface area contributed by atoms with Crippen LogP contribution in [0.5, 0.6) is 0 Å². The van der Waals surface area contributed by atoms with Gasteiger partial charge in [0.2, 0.25) is 0 Å². The lowest BCUT2D eigenvalue weighted by Gasteiger charge is -2.20. The Morgan fingerprint density at radius 1 is 1.69 bits per heavy atom. The minimum absolute atomic E-state index is 0.326. The molecule has 0 aromatic carbocycles. The van der Waals surface area contributed by atoms with Crippen LogP contribution in [-0.4, -0.2) is 21.6 Å². The average Bonchev–Trinajstić information content (AvgIpc) is 2.26. The summed E-state index contributed by atoms with van der Waals surface area (Å²) in [5.74, 6) is -0.915. The maximum Gasteiger partial charge on any atom is 0.323 e. The molecule has 1 aromatic rings. The van der Waals surface area contributed by atoms with Crippen LogP contribution < -0.4 is 5.32 Å². The summed E-state index contributed by atoms with van der Waals surface area (Å²) in [5, 5.41) is 20.4. The van der Waals surface area contributed by atoms with Crippen LogP contribution in [0.2, 0.25) is 0 Å². The van der Waals surface area contributed by atoms with E-state index in [9.17, 15) is 4.79 Å². The maximum atomic E-state index is 10.8. The highest BCUT2D eigenvalue weighted by atomic mass is 16.4. The molecule has 0 aliphatic rings. The summed E-state index contributed by atoms with van der Waals surface area (Å²) in [6.45, 7) is 3.56. The van der Waals surface area contributed by atoms with Gasteiger partial charge in [-0.15, -0.1) is 0 Å². The number of hydrogen-bond donors (Lipinski definition) is 2. The molecule has 1 aromatic heterocycles. The first-order chi connectivity index (χ1) is 7.45. The second-order valence-corrected chi connectivity index (χ2v) is 3.94. The van der Waals surface area contributed by atoms with Crippen LogP contribution in [0.1, 0.15) is 25.1 Å². The summed E-state index contributed by atoms with van der Waals surface area (Å²) in [6, 6.07) is 5.30. The van der Waals surface area contributed by atoms with E-state index in [0.717, 1.165) is 5.56 Å². The molecule has 0 radical (unpaired) electrons. The van der Waals surface area contributed by atoms with E-state index >= 15 is 0 Å². The lowest BCUT2D eigenvalue weighted by molar-refractivity contribution is -0.143. The van der Waals surface area contributed by atoms with Gasteiger partial charge in [0.25, 0.3) is 0 Å². The number of hydrogen-bond acceptors (Lipinski definition) is 4. The zero-order valence-electron chi connectivity index (χ0n) is 9.19. The average molecular weight is 219 g/mol. The van der Waals surface area contributed by atoms with E-state index in [1.165, 1.54) is 6.20 Å². The molecule has 0 atom stereocenters. The van der Waals surface area contributed by atoms with Gasteiger partial charge in [-0.2, -0.15) is 5.26 Å². The Bertz CT molecular complexity index is 435. The van der Waals surface area contributed by atoms with Crippen molar-refractivity contribution in [3.05, 3.63) is 29.6 Å². The monoisotopic (exact) mass is 219 g/mol. The predicted molar refractivity (Wildman–Crippen MR) is 57.5 cm³/mol. The fourth-order valence-corrected chi connectivity index (χ4v) is 1.04. The molecule has 0 bridgehead atoms. The number of aliphatic carboxylic acids is 1. The predicted octanol–water partition coefficient (Wildman–Crippen LogP) is 0.906. The first-order valence-corrected chi connectivity index (χ1v) is 4.79. The van der Waals surface area contributed by atoms with Crippen LogP contribution in [0.4, 0.5) is 0 Å². The molecule has 0 fully saturated rings. The maximum absolute atomic E-state index is 10.8. The van der Waals surface area contributed by atoms with E-state index in [1.807, 2.05) is 6.07 Å². The SMILES string of the molecule is CC(C)(NCc1ccnc(C#N)c1)C(=O)O. The number of nitriles is 1. The van der Waals surface area contributed by atoms with Gasteiger partial charge in [0.15, 0.2) is 0 Å². The summed E-state index contributed by atoms with van der Waals surface area (Å²) in [5.41, 5.74) is 0.170. The fourth-order valence-electron chi connectivity index (χ4n) is 1.04. The molecule has 0 aliphatic carbocycles. The first kappa shape index (κ1) is 12.1. The Labute approximate surface area is 93.7 Å². The summed E-state index contributed by atoms with van der Waals surface area (Å²) in [6.07, 6.45) is 1.53. The third-order valence-electron chi connectivity index (χ3n) is 2.21. The standard InChI is InChI=1S/C11H13N3O2/c1-11(2,10(15)16)14-7-8-3-4-13-9(5-8)6-12/h3-5,14H,7H2,1-2H3,(H,15,16). The number of pyridine rings is 1. The van der Waals surface area contributed by atoms with Gasteiger partial charge in [0.05, 0.1) is 0 Å². The highest BCUT2D eigenvalue weighted by molar-refractivity contribution is 5.77. The molecule has 0 unspecified atom stereocenters. The number of nitrogens with zero attached hydrogens (tertiary/aromatic N) is 2. The highest BCUT2D eigenvalue weighted by Crippen LogP contribution is 2.06. The zero-order valence-corrected chi connectivity index (χ0v) is 9.19. The van der Waals surface area contributed by atoms with Crippen LogP contribution in [-0.2, 0) is 11.3 Å². The number of nitrogens with one attached hydrogen (secondary N) is 1. The number of carboxylic acids is 1. The third kappa shape index (κ3) is 3.04. The van der Waals surface area contributed by atoms with Crippen molar-refractivity contribution in [2.45, 2.75) is 25.9 Å². The molecular formula is C11H13N3O2. The molecule has 84 valence electrons. The van der Waals surface area contributed by atoms with Crippen molar-refractivity contribution in [3.63, 3.8) is 0 Å². The second kappa shape index (κ2) is 4.73. The van der Waals surface area contributed by atoms with Gasteiger partial charge in [-0.05, 0) is 31.5 Å². The fraction of sp³-hybridized carbons (Fsp3) is 0.364. The van der Waals surface area contributed by atoms with Crippen molar-refractivity contribution < 1.29 is 9.90 Å². The number of rotatable bonds is 4. The molecule has 0 spiro atoms. The third-order valence-corrected chi connectivity index (χ3v) is 2.21. The van der Waals surface area contributed by atoms with E-state index < -0.39 is 11.5 Å². The van der Waals surface area contributed by atoms with Gasteiger partial charge in [0.1, 0.15) is 17.3 Å². The van der Waals surface area contributed by atoms with Crippen LogP contribution in [0.3, 0.4) is 0 Å². The quantitative estimate of drug-likeness (QED) is 0.785. The number of carboxylic acid groups (broad SMARTS) is 1. The molecule has 1 rings (SSSR count). The largest absolute Gasteiger partial charge is 0.480 e. The number of carbonyl (C=O) groups is 1. The van der Waals surface area contributed by atoms with Crippen molar-refractivity contribution in [1.29, 1.82) is 5.26 Å². The van der Waals surface area contributed by atoms with Gasteiger partial charge in [0, 0.05) is 12.7 Å². The summed E-state index contributed by atoms with van der Waals surface area (Å²) < 4.78 is 0. The minimum atomic E-state index is -0.990. The van der Waals surface area contributed by atoms with E-state index in [1.54, 1.807) is 26.0 Å². The Hall–Kier alpha value is -1.93. The highest BCUT2D eigenvalue weighted by Gasteiger charge is 2.25. The summed E-state index contributed by atoms with van der Waals surface area (Å²) in [7, 11) is 0. The Morgan fingerprint density at radius 2 is 2.38 bits per heavy atom. The molecule has 0 saturated carbocycles. The molecule has 16 heavy (non-hydrogen) atoms. The topological polar surface area (TPSA) is 86.0 Å². The van der Waals surface area contributed by atoms with E-state index in [2.05, 4.69) is 10.3 Å². The molecule has 0 saturated heterocycles. The van der Waals surface area contributed by atoms with E-state index in [4.69, 9.17) is 10.4 Å². The van der Waals surface area contributed by atoms with Crippen molar-refractivity contribution >= 4 is 5.97 Å². The van der Waals surface area contributed by atoms with Crippen LogP contribution in [0.15, 0.2) is 18.3 Å². The Balaban J connectivity index is 2.69. The van der Waals surface area contributed by atoms with Crippen LogP contribution in [0.25, 0.3) is 0 Å². The van der Waals surface area contributed by atoms with E-state index in [0.29, 0.717) is 12.2 Å². The van der Waals surface area contributed by atoms with Gasteiger partial charge in [-0.1, -0.05) is 0 Å². The summed E-state index contributed by atoms with van der Waals surface area (Å²) in [4.78, 5) is 14.7. The Morgan fingerprint density at radius 3 is 2.94 bits per heavy atom. The van der Waals surface area contributed by atoms with Crippen molar-refractivity contribution in [3.8, 4) is 6.07 Å². The Kier molecular flexibility index (Phi) is 3.59. The van der Waals surface area contributed by atoms with Gasteiger partial charge in [-0.25, -0.2) is 4.98 Å². The molecule has 0 amide bonds. The molecule has 1 heterocycles. The zero-order chi connectivity index (χ0) is 12.2. The van der Waals surface area contributed by atoms with Crippen molar-refractivity contribution in [2.75, 3.05) is 0 Å². The lowest BCUT2D eigenvalue weighted by Crippen LogP contribution is -2.46. The van der Waals surface area contributed by atoms with Crippen molar-refractivity contribution in [1.82, 2.24) is 10.3 Å². The molecule has 5 nitrogen and oxygen atoms in total. The van der Waals surface area contributed by atoms with Gasteiger partial charge >= 0.3 is 5.97 Å². The smallest absolute Gasteiger partial charge is 0.323 e. The van der Waals surface area contributed by atoms with Crippen LogP contribution in [0, 0.1) is 11.3 Å². The first-order valence-electron chi connectivity index (χ1n) is 4.79. The van der Waals surface area contributed by atoms with E-state index in [-0.39, 0.29) is 0 Å². The van der Waals surface area contributed by atoms with Crippen LogP contribution >= 0.6 is 0 Å². The van der Waals surface area contributed by atoms with Crippen molar-refractivity contribution in [2.24, 2.45) is 0 Å². The molecule has 5 heteroatoms. The van der Waals surface area contributed by atoms with Gasteiger partial charge in [-0.3, -0.25) is 10.1 Å². The minimum Gasteiger partial charge on any atom is -0.480 e. The lowest BCUT2D eigenvalue weighted by atomic mass is 10.1. The normalized spacial score (nSPS) is 10.8.